The first-order valence-electron chi connectivity index (χ1n) is 3.94. The van der Waals surface area contributed by atoms with Gasteiger partial charge in [-0.05, 0) is 0 Å². The molecule has 1 heterocycles. The standard InChI is InChI=1S/C9H8F2N2O2/c1-14-7-5(3-12)9(15-2)13-4-6(7)8(10)11/h4,8H,1-2H3. The molecule has 0 amide bonds. The lowest BCUT2D eigenvalue weighted by molar-refractivity contribution is 0.146. The highest BCUT2D eigenvalue weighted by Crippen LogP contribution is 2.34. The SMILES string of the molecule is COc1ncc(C(F)F)c(OC)c1C#N. The van der Waals surface area contributed by atoms with Crippen molar-refractivity contribution in [1.29, 1.82) is 5.26 Å². The molecule has 6 heteroatoms. The van der Waals surface area contributed by atoms with Gasteiger partial charge in [0.05, 0.1) is 19.8 Å². The molecule has 0 saturated carbocycles. The normalized spacial score (nSPS) is 9.87. The van der Waals surface area contributed by atoms with Gasteiger partial charge in [0.2, 0.25) is 5.88 Å². The summed E-state index contributed by atoms with van der Waals surface area (Å²) in [6, 6.07) is 1.72. The van der Waals surface area contributed by atoms with Crippen LogP contribution in [0.1, 0.15) is 17.6 Å². The first-order chi connectivity index (χ1) is 7.15. The van der Waals surface area contributed by atoms with Crippen LogP contribution < -0.4 is 9.47 Å². The van der Waals surface area contributed by atoms with Crippen LogP contribution in [0.15, 0.2) is 6.20 Å². The van der Waals surface area contributed by atoms with Crippen LogP contribution in [-0.2, 0) is 0 Å². The quantitative estimate of drug-likeness (QED) is 0.771. The molecule has 0 bridgehead atoms. The highest BCUT2D eigenvalue weighted by Gasteiger charge is 2.21. The summed E-state index contributed by atoms with van der Waals surface area (Å²) in [4.78, 5) is 3.59. The molecule has 0 unspecified atom stereocenters. The van der Waals surface area contributed by atoms with Gasteiger partial charge in [-0.2, -0.15) is 5.26 Å². The number of pyridine rings is 1. The molecule has 15 heavy (non-hydrogen) atoms. The fraction of sp³-hybridized carbons (Fsp3) is 0.333. The monoisotopic (exact) mass is 214 g/mol. The molecule has 80 valence electrons. The average molecular weight is 214 g/mol. The van der Waals surface area contributed by atoms with Crippen LogP contribution >= 0.6 is 0 Å². The van der Waals surface area contributed by atoms with Crippen molar-refractivity contribution < 1.29 is 18.3 Å². The van der Waals surface area contributed by atoms with Crippen LogP contribution in [0.25, 0.3) is 0 Å². The fourth-order valence-electron chi connectivity index (χ4n) is 1.12. The number of ether oxygens (including phenoxy) is 2. The molecule has 0 spiro atoms. The average Bonchev–Trinajstić information content (AvgIpc) is 2.26. The van der Waals surface area contributed by atoms with E-state index in [1.54, 1.807) is 6.07 Å². The maximum absolute atomic E-state index is 12.5. The van der Waals surface area contributed by atoms with Gasteiger partial charge in [-0.25, -0.2) is 13.8 Å². The lowest BCUT2D eigenvalue weighted by atomic mass is 10.2. The second-order valence-corrected chi connectivity index (χ2v) is 2.54. The molecule has 4 nitrogen and oxygen atoms in total. The third kappa shape index (κ3) is 1.96. The first kappa shape index (κ1) is 11.2. The van der Waals surface area contributed by atoms with E-state index in [1.807, 2.05) is 0 Å². The summed E-state index contributed by atoms with van der Waals surface area (Å²) < 4.78 is 34.5. The molecule has 0 aliphatic heterocycles. The van der Waals surface area contributed by atoms with Gasteiger partial charge in [-0.15, -0.1) is 0 Å². The molecule has 1 rings (SSSR count). The van der Waals surface area contributed by atoms with E-state index < -0.39 is 12.0 Å². The van der Waals surface area contributed by atoms with E-state index in [1.165, 1.54) is 14.2 Å². The summed E-state index contributed by atoms with van der Waals surface area (Å²) in [6.45, 7) is 0. The summed E-state index contributed by atoms with van der Waals surface area (Å²) in [6.07, 6.45) is -1.81. The predicted molar refractivity (Wildman–Crippen MR) is 47.0 cm³/mol. The van der Waals surface area contributed by atoms with Crippen LogP contribution in [0.3, 0.4) is 0 Å². The maximum atomic E-state index is 12.5. The van der Waals surface area contributed by atoms with Gasteiger partial charge in [0.1, 0.15) is 6.07 Å². The van der Waals surface area contributed by atoms with Crippen molar-refractivity contribution in [2.75, 3.05) is 14.2 Å². The minimum absolute atomic E-state index is 0.0289. The van der Waals surface area contributed by atoms with Crippen molar-refractivity contribution in [2.45, 2.75) is 6.43 Å². The summed E-state index contributed by atoms with van der Waals surface area (Å²) in [5, 5.41) is 8.77. The van der Waals surface area contributed by atoms with Crippen molar-refractivity contribution in [3.8, 4) is 17.7 Å². The number of hydrogen-bond donors (Lipinski definition) is 0. The molecule has 0 radical (unpaired) electrons. The summed E-state index contributed by atoms with van der Waals surface area (Å²) in [7, 11) is 2.51. The minimum atomic E-state index is -2.74. The molecule has 0 fully saturated rings. The Kier molecular flexibility index (Phi) is 3.39. The van der Waals surface area contributed by atoms with Crippen LogP contribution in [0.4, 0.5) is 8.78 Å². The summed E-state index contributed by atoms with van der Waals surface area (Å²) in [5.41, 5.74) is -0.548. The zero-order valence-corrected chi connectivity index (χ0v) is 8.12. The molecule has 0 N–H and O–H groups in total. The minimum Gasteiger partial charge on any atom is -0.495 e. The molecular formula is C9H8F2N2O2. The van der Waals surface area contributed by atoms with E-state index in [0.29, 0.717) is 0 Å². The van der Waals surface area contributed by atoms with Gasteiger partial charge in [0.25, 0.3) is 6.43 Å². The molecular weight excluding hydrogens is 206 g/mol. The third-order valence-corrected chi connectivity index (χ3v) is 1.77. The number of aromatic nitrogens is 1. The number of nitrogens with zero attached hydrogens (tertiary/aromatic N) is 2. The Bertz CT molecular complexity index is 402. The number of hydrogen-bond acceptors (Lipinski definition) is 4. The second kappa shape index (κ2) is 4.55. The van der Waals surface area contributed by atoms with Crippen LogP contribution in [0, 0.1) is 11.3 Å². The zero-order chi connectivity index (χ0) is 11.4. The topological polar surface area (TPSA) is 55.1 Å². The molecule has 1 aromatic rings. The number of rotatable bonds is 3. The number of methoxy groups -OCH3 is 2. The maximum Gasteiger partial charge on any atom is 0.268 e. The summed E-state index contributed by atoms with van der Waals surface area (Å²) in [5.74, 6) is -0.224. The van der Waals surface area contributed by atoms with E-state index >= 15 is 0 Å². The second-order valence-electron chi connectivity index (χ2n) is 2.54. The van der Waals surface area contributed by atoms with Gasteiger partial charge in [-0.1, -0.05) is 0 Å². The highest BCUT2D eigenvalue weighted by molar-refractivity contribution is 5.53. The van der Waals surface area contributed by atoms with Crippen molar-refractivity contribution in [3.05, 3.63) is 17.3 Å². The van der Waals surface area contributed by atoms with E-state index in [0.717, 1.165) is 6.20 Å². The third-order valence-electron chi connectivity index (χ3n) is 1.77. The first-order valence-corrected chi connectivity index (χ1v) is 3.94. The Labute approximate surface area is 85.1 Å². The number of alkyl halides is 2. The lowest BCUT2D eigenvalue weighted by Gasteiger charge is -2.10. The molecule has 0 atom stereocenters. The van der Waals surface area contributed by atoms with Crippen molar-refractivity contribution in [2.24, 2.45) is 0 Å². The van der Waals surface area contributed by atoms with Crippen molar-refractivity contribution >= 4 is 0 Å². The van der Waals surface area contributed by atoms with Gasteiger partial charge >= 0.3 is 0 Å². The molecule has 0 aliphatic rings. The van der Waals surface area contributed by atoms with Gasteiger partial charge < -0.3 is 9.47 Å². The largest absolute Gasteiger partial charge is 0.495 e. The Hall–Kier alpha value is -1.90. The molecule has 0 saturated heterocycles. The van der Waals surface area contributed by atoms with Gasteiger partial charge in [0, 0.05) is 6.20 Å². The van der Waals surface area contributed by atoms with E-state index in [2.05, 4.69) is 4.98 Å². The predicted octanol–water partition coefficient (Wildman–Crippen LogP) is 1.91. The van der Waals surface area contributed by atoms with Gasteiger partial charge in [0.15, 0.2) is 11.3 Å². The Balaban J connectivity index is 3.43. The van der Waals surface area contributed by atoms with Crippen LogP contribution in [0.2, 0.25) is 0 Å². The van der Waals surface area contributed by atoms with Crippen LogP contribution in [0.5, 0.6) is 11.6 Å². The lowest BCUT2D eigenvalue weighted by Crippen LogP contribution is -2.01. The zero-order valence-electron chi connectivity index (χ0n) is 8.12. The highest BCUT2D eigenvalue weighted by atomic mass is 19.3. The Morgan fingerprint density at radius 3 is 2.47 bits per heavy atom. The van der Waals surface area contributed by atoms with E-state index in [9.17, 15) is 8.78 Å². The number of nitriles is 1. The molecule has 0 aliphatic carbocycles. The Morgan fingerprint density at radius 2 is 2.07 bits per heavy atom. The fourth-order valence-corrected chi connectivity index (χ4v) is 1.12. The van der Waals surface area contributed by atoms with E-state index in [-0.39, 0.29) is 17.2 Å². The van der Waals surface area contributed by atoms with Crippen molar-refractivity contribution in [3.63, 3.8) is 0 Å². The Morgan fingerprint density at radius 1 is 1.40 bits per heavy atom. The van der Waals surface area contributed by atoms with E-state index in [4.69, 9.17) is 14.7 Å². The van der Waals surface area contributed by atoms with Crippen molar-refractivity contribution in [1.82, 2.24) is 4.98 Å². The number of halogens is 2. The molecule has 1 aromatic heterocycles. The summed E-state index contributed by atoms with van der Waals surface area (Å²) >= 11 is 0. The van der Waals surface area contributed by atoms with Crippen LogP contribution in [-0.4, -0.2) is 19.2 Å². The molecule has 0 aromatic carbocycles. The smallest absolute Gasteiger partial charge is 0.268 e. The van der Waals surface area contributed by atoms with Gasteiger partial charge in [-0.3, -0.25) is 0 Å².